The van der Waals surface area contributed by atoms with Gasteiger partial charge in [0.2, 0.25) is 0 Å². The normalized spacial score (nSPS) is 12.3. The Balaban J connectivity index is 2.27. The Hall–Kier alpha value is -1.46. The van der Waals surface area contributed by atoms with E-state index in [0.717, 1.165) is 10.0 Å². The molecule has 1 aromatic heterocycles. The second-order valence-corrected chi connectivity index (χ2v) is 5.41. The van der Waals surface area contributed by atoms with Crippen LogP contribution in [0.15, 0.2) is 41.0 Å². The first-order valence-electron chi connectivity index (χ1n) is 6.44. The van der Waals surface area contributed by atoms with E-state index in [1.807, 2.05) is 37.3 Å². The number of aromatic nitrogens is 2. The number of ketones is 1. The van der Waals surface area contributed by atoms with Gasteiger partial charge in [0, 0.05) is 13.0 Å². The molecule has 1 atom stereocenters. The smallest absolute Gasteiger partial charge is 0.189 e. The molecule has 20 heavy (non-hydrogen) atoms. The van der Waals surface area contributed by atoms with E-state index in [4.69, 9.17) is 4.74 Å². The van der Waals surface area contributed by atoms with Crippen molar-refractivity contribution in [1.82, 2.24) is 9.78 Å². The monoisotopic (exact) mass is 336 g/mol. The number of methoxy groups -OCH3 is 1. The Bertz CT molecular complexity index is 581. The van der Waals surface area contributed by atoms with Crippen LogP contribution >= 0.6 is 15.9 Å². The Labute approximate surface area is 126 Å². The molecule has 1 heterocycles. The summed E-state index contributed by atoms with van der Waals surface area (Å²) in [5, 5.41) is 4.22. The summed E-state index contributed by atoms with van der Waals surface area (Å²) in [7, 11) is 1.63. The first-order valence-corrected chi connectivity index (χ1v) is 7.24. The molecule has 0 amide bonds. The van der Waals surface area contributed by atoms with Crippen molar-refractivity contribution in [2.24, 2.45) is 0 Å². The van der Waals surface area contributed by atoms with Crippen molar-refractivity contribution in [3.05, 3.63) is 52.3 Å². The third-order valence-corrected chi connectivity index (χ3v) is 3.81. The molecule has 0 saturated heterocycles. The summed E-state index contributed by atoms with van der Waals surface area (Å²) < 4.78 is 7.46. The molecule has 0 N–H and O–H groups in total. The fourth-order valence-corrected chi connectivity index (χ4v) is 2.54. The number of carbonyl (C=O) groups is 1. The van der Waals surface area contributed by atoms with Gasteiger partial charge in [-0.3, -0.25) is 9.48 Å². The van der Waals surface area contributed by atoms with Crippen molar-refractivity contribution in [3.63, 3.8) is 0 Å². The third kappa shape index (κ3) is 3.16. The molecule has 5 heteroatoms. The van der Waals surface area contributed by atoms with Crippen molar-refractivity contribution >= 4 is 21.7 Å². The van der Waals surface area contributed by atoms with Gasteiger partial charge in [0.1, 0.15) is 5.69 Å². The molecule has 0 saturated carbocycles. The lowest BCUT2D eigenvalue weighted by Crippen LogP contribution is -2.18. The highest BCUT2D eigenvalue weighted by Gasteiger charge is 2.23. The minimum Gasteiger partial charge on any atom is -0.383 e. The Kier molecular flexibility index (Phi) is 5.09. The van der Waals surface area contributed by atoms with Crippen LogP contribution in [0.4, 0.5) is 0 Å². The lowest BCUT2D eigenvalue weighted by atomic mass is 9.95. The molecule has 2 rings (SSSR count). The lowest BCUT2D eigenvalue weighted by Gasteiger charge is -2.13. The van der Waals surface area contributed by atoms with Crippen LogP contribution in [0.2, 0.25) is 0 Å². The number of rotatable bonds is 6. The molecular formula is C15H17BrN2O2. The van der Waals surface area contributed by atoms with Crippen LogP contribution in [0.5, 0.6) is 0 Å². The van der Waals surface area contributed by atoms with E-state index in [0.29, 0.717) is 18.8 Å². The van der Waals surface area contributed by atoms with E-state index < -0.39 is 0 Å². The number of nitrogens with zero attached hydrogens (tertiary/aromatic N) is 2. The minimum atomic E-state index is -0.203. The molecule has 0 aliphatic rings. The zero-order valence-corrected chi connectivity index (χ0v) is 13.1. The summed E-state index contributed by atoms with van der Waals surface area (Å²) in [6.45, 7) is 3.00. The number of hydrogen-bond donors (Lipinski definition) is 0. The third-order valence-electron chi connectivity index (χ3n) is 3.23. The zero-order valence-electron chi connectivity index (χ0n) is 11.5. The van der Waals surface area contributed by atoms with Gasteiger partial charge >= 0.3 is 0 Å². The molecule has 2 aromatic rings. The summed E-state index contributed by atoms with van der Waals surface area (Å²) in [6.07, 6.45) is 1.65. The highest BCUT2D eigenvalue weighted by Crippen LogP contribution is 2.25. The van der Waals surface area contributed by atoms with Gasteiger partial charge in [-0.25, -0.2) is 0 Å². The molecule has 106 valence electrons. The summed E-state index contributed by atoms with van der Waals surface area (Å²) in [5.74, 6) is -0.151. The summed E-state index contributed by atoms with van der Waals surface area (Å²) >= 11 is 3.41. The van der Waals surface area contributed by atoms with Gasteiger partial charge in [-0.15, -0.1) is 0 Å². The van der Waals surface area contributed by atoms with Crippen LogP contribution < -0.4 is 0 Å². The minimum absolute atomic E-state index is 0.0525. The Morgan fingerprint density at radius 2 is 2.10 bits per heavy atom. The van der Waals surface area contributed by atoms with Gasteiger partial charge in [-0.1, -0.05) is 37.3 Å². The number of ether oxygens (including phenoxy) is 1. The SMILES string of the molecule is COCCn1ncc(Br)c1C(=O)C(C)c1ccccc1. The average Bonchev–Trinajstić information content (AvgIpc) is 2.85. The molecular weight excluding hydrogens is 320 g/mol. The maximum absolute atomic E-state index is 12.7. The van der Waals surface area contributed by atoms with Crippen LogP contribution in [0, 0.1) is 0 Å². The van der Waals surface area contributed by atoms with Crippen molar-refractivity contribution in [3.8, 4) is 0 Å². The summed E-state index contributed by atoms with van der Waals surface area (Å²) in [6, 6.07) is 9.75. The number of hydrogen-bond acceptors (Lipinski definition) is 3. The maximum atomic E-state index is 12.7. The van der Waals surface area contributed by atoms with Gasteiger partial charge in [-0.05, 0) is 21.5 Å². The molecule has 1 unspecified atom stereocenters. The quantitative estimate of drug-likeness (QED) is 0.760. The molecule has 4 nitrogen and oxygen atoms in total. The second-order valence-electron chi connectivity index (χ2n) is 4.55. The molecule has 0 radical (unpaired) electrons. The van der Waals surface area contributed by atoms with E-state index >= 15 is 0 Å². The van der Waals surface area contributed by atoms with Crippen LogP contribution in [-0.2, 0) is 11.3 Å². The van der Waals surface area contributed by atoms with Gasteiger partial charge in [0.15, 0.2) is 5.78 Å². The molecule has 0 bridgehead atoms. The van der Waals surface area contributed by atoms with E-state index in [1.165, 1.54) is 0 Å². The van der Waals surface area contributed by atoms with Crippen molar-refractivity contribution in [1.29, 1.82) is 0 Å². The number of benzene rings is 1. The summed E-state index contributed by atoms with van der Waals surface area (Å²) in [5.41, 5.74) is 1.60. The Morgan fingerprint density at radius 3 is 2.75 bits per heavy atom. The van der Waals surface area contributed by atoms with Gasteiger partial charge in [0.05, 0.1) is 23.8 Å². The number of Topliss-reactive ketones (excluding diaryl/α,β-unsaturated/α-hetero) is 1. The van der Waals surface area contributed by atoms with E-state index in [-0.39, 0.29) is 11.7 Å². The van der Waals surface area contributed by atoms with Crippen molar-refractivity contribution in [2.45, 2.75) is 19.4 Å². The van der Waals surface area contributed by atoms with E-state index in [9.17, 15) is 4.79 Å². The molecule has 0 spiro atoms. The predicted molar refractivity (Wildman–Crippen MR) is 81.0 cm³/mol. The van der Waals surface area contributed by atoms with Crippen molar-refractivity contribution < 1.29 is 9.53 Å². The fourth-order valence-electron chi connectivity index (χ4n) is 2.05. The van der Waals surface area contributed by atoms with E-state index in [1.54, 1.807) is 18.0 Å². The van der Waals surface area contributed by atoms with Gasteiger partial charge in [0.25, 0.3) is 0 Å². The highest BCUT2D eigenvalue weighted by molar-refractivity contribution is 9.10. The Morgan fingerprint density at radius 1 is 1.40 bits per heavy atom. The first kappa shape index (κ1) is 14.9. The number of halogens is 1. The first-order chi connectivity index (χ1) is 9.65. The maximum Gasteiger partial charge on any atom is 0.189 e. The molecule has 0 aliphatic heterocycles. The van der Waals surface area contributed by atoms with E-state index in [2.05, 4.69) is 21.0 Å². The standard InChI is InChI=1S/C15H17BrN2O2/c1-11(12-6-4-3-5-7-12)15(19)14-13(16)10-17-18(14)8-9-20-2/h3-7,10-11H,8-9H2,1-2H3. The van der Waals surface area contributed by atoms with Crippen LogP contribution in [0.1, 0.15) is 28.9 Å². The van der Waals surface area contributed by atoms with Crippen molar-refractivity contribution in [2.75, 3.05) is 13.7 Å². The molecule has 0 fully saturated rings. The average molecular weight is 337 g/mol. The molecule has 1 aromatic carbocycles. The topological polar surface area (TPSA) is 44.1 Å². The summed E-state index contributed by atoms with van der Waals surface area (Å²) in [4.78, 5) is 12.7. The largest absolute Gasteiger partial charge is 0.383 e. The zero-order chi connectivity index (χ0) is 14.5. The second kappa shape index (κ2) is 6.81. The van der Waals surface area contributed by atoms with Gasteiger partial charge in [-0.2, -0.15) is 5.10 Å². The van der Waals surface area contributed by atoms with Crippen LogP contribution in [-0.4, -0.2) is 29.3 Å². The highest BCUT2D eigenvalue weighted by atomic mass is 79.9. The fraction of sp³-hybridized carbons (Fsp3) is 0.333. The predicted octanol–water partition coefficient (Wildman–Crippen LogP) is 3.28. The van der Waals surface area contributed by atoms with Crippen LogP contribution in [0.25, 0.3) is 0 Å². The van der Waals surface area contributed by atoms with Gasteiger partial charge < -0.3 is 4.74 Å². The number of carbonyl (C=O) groups excluding carboxylic acids is 1. The van der Waals surface area contributed by atoms with Crippen LogP contribution in [0.3, 0.4) is 0 Å². The molecule has 0 aliphatic carbocycles. The lowest BCUT2D eigenvalue weighted by molar-refractivity contribution is 0.0951.